The van der Waals surface area contributed by atoms with Crippen LogP contribution in [0.2, 0.25) is 5.02 Å². The summed E-state index contributed by atoms with van der Waals surface area (Å²) in [6, 6.07) is 17.9. The smallest absolute Gasteiger partial charge is 0.339 e. The van der Waals surface area contributed by atoms with Gasteiger partial charge in [0.15, 0.2) is 6.61 Å². The Hall–Kier alpha value is -4.56. The number of Topliss-reactive ketones (excluding diaryl/α,β-unsaturated/α-hetero) is 1. The Bertz CT molecular complexity index is 1800. The number of hydrogen-bond donors (Lipinski definition) is 1. The third kappa shape index (κ3) is 5.16. The van der Waals surface area contributed by atoms with Gasteiger partial charge in [-0.2, -0.15) is 0 Å². The van der Waals surface area contributed by atoms with Crippen LogP contribution in [-0.2, 0) is 14.3 Å². The van der Waals surface area contributed by atoms with Crippen LogP contribution in [0.25, 0.3) is 22.2 Å². The lowest BCUT2D eigenvalue weighted by Crippen LogP contribution is -2.30. The maximum Gasteiger partial charge on any atom is 0.339 e. The molecule has 2 fully saturated rings. The van der Waals surface area contributed by atoms with Gasteiger partial charge in [-0.1, -0.05) is 48.9 Å². The topological polar surface area (TPSA) is 114 Å². The van der Waals surface area contributed by atoms with Gasteiger partial charge < -0.3 is 9.84 Å². The summed E-state index contributed by atoms with van der Waals surface area (Å²) in [5.41, 5.74) is 3.01. The molecule has 8 nitrogen and oxygen atoms in total. The molecule has 3 unspecified atom stereocenters. The van der Waals surface area contributed by atoms with Crippen molar-refractivity contribution in [3.05, 3.63) is 88.4 Å². The highest BCUT2D eigenvalue weighted by molar-refractivity contribution is 6.32. The first-order valence-electron chi connectivity index (χ1n) is 14.2. The predicted molar refractivity (Wildman–Crippen MR) is 162 cm³/mol. The Morgan fingerprint density at radius 2 is 1.70 bits per heavy atom. The Morgan fingerprint density at radius 1 is 0.977 bits per heavy atom. The fourth-order valence-corrected chi connectivity index (χ4v) is 6.29. The maximum absolute atomic E-state index is 13.3. The molecule has 4 aromatic rings. The molecule has 1 saturated carbocycles. The zero-order valence-corrected chi connectivity index (χ0v) is 24.4. The molecule has 218 valence electrons. The van der Waals surface area contributed by atoms with Gasteiger partial charge in [-0.05, 0) is 74.1 Å². The van der Waals surface area contributed by atoms with E-state index in [4.69, 9.17) is 21.3 Å². The lowest BCUT2D eigenvalue weighted by atomic mass is 9.76. The van der Waals surface area contributed by atoms with Crippen molar-refractivity contribution >= 4 is 51.8 Å². The number of esters is 1. The van der Waals surface area contributed by atoms with E-state index in [1.54, 1.807) is 61.5 Å². The zero-order chi connectivity index (χ0) is 30.4. The number of nitrogens with zero attached hydrogens (tertiary/aromatic N) is 2. The van der Waals surface area contributed by atoms with E-state index in [9.17, 15) is 24.3 Å². The third-order valence-electron chi connectivity index (χ3n) is 8.54. The van der Waals surface area contributed by atoms with Crippen LogP contribution < -0.4 is 4.90 Å². The van der Waals surface area contributed by atoms with E-state index >= 15 is 0 Å². The highest BCUT2D eigenvalue weighted by atomic mass is 35.5. The molecule has 6 rings (SSSR count). The number of hydrogen-bond acceptors (Lipinski definition) is 7. The number of ketones is 1. The van der Waals surface area contributed by atoms with Crippen molar-refractivity contribution in [2.45, 2.75) is 33.1 Å². The molecule has 2 amide bonds. The number of halogens is 1. The number of aryl methyl sites for hydroxylation is 1. The minimum atomic E-state index is -0.735. The molecule has 0 radical (unpaired) electrons. The second kappa shape index (κ2) is 11.3. The standard InChI is InChI=1S/C34H29ClN2O6/c1-18-7-12-23-25(15-18)33(41)37(32(23)40)21-10-8-20(9-11-21)28-16-26(22-13-14-27(35)19(2)31(22)36-28)34(42)43-17-30(39)24-5-3-4-6-29(24)38/h3-6,8-11,13-14,16,18,23,25,38H,7,12,15,17H2,1-2H3. The van der Waals surface area contributed by atoms with Gasteiger partial charge in [0.2, 0.25) is 17.6 Å². The lowest BCUT2D eigenvalue weighted by molar-refractivity contribution is -0.122. The van der Waals surface area contributed by atoms with E-state index in [1.165, 1.54) is 17.0 Å². The molecular weight excluding hydrogens is 568 g/mol. The minimum Gasteiger partial charge on any atom is -0.507 e. The molecule has 1 aliphatic heterocycles. The quantitative estimate of drug-likeness (QED) is 0.153. The number of carbonyl (C=O) groups excluding carboxylic acids is 4. The first-order chi connectivity index (χ1) is 20.6. The monoisotopic (exact) mass is 596 g/mol. The predicted octanol–water partition coefficient (Wildman–Crippen LogP) is 6.53. The molecule has 3 atom stereocenters. The van der Waals surface area contributed by atoms with Crippen LogP contribution in [0.1, 0.15) is 52.5 Å². The van der Waals surface area contributed by atoms with Crippen molar-refractivity contribution in [3.63, 3.8) is 0 Å². The molecule has 9 heteroatoms. The van der Waals surface area contributed by atoms with Gasteiger partial charge >= 0.3 is 5.97 Å². The second-order valence-corrected chi connectivity index (χ2v) is 11.7. The average molecular weight is 597 g/mol. The van der Waals surface area contributed by atoms with Crippen molar-refractivity contribution in [2.75, 3.05) is 11.5 Å². The number of phenolic OH excluding ortho intramolecular Hbond substituents is 1. The summed E-state index contributed by atoms with van der Waals surface area (Å²) in [5.74, 6) is -1.87. The SMILES string of the molecule is Cc1c(Cl)ccc2c(C(=O)OCC(=O)c3ccccc3O)cc(-c3ccc(N4C(=O)C5CCC(C)CC5C4=O)cc3)nc12. The largest absolute Gasteiger partial charge is 0.507 e. The van der Waals surface area contributed by atoms with Crippen LogP contribution >= 0.6 is 11.6 Å². The molecule has 43 heavy (non-hydrogen) atoms. The summed E-state index contributed by atoms with van der Waals surface area (Å²) >= 11 is 6.39. The molecule has 2 aliphatic rings. The molecule has 3 aromatic carbocycles. The Labute approximate surface area is 253 Å². The first-order valence-corrected chi connectivity index (χ1v) is 14.6. The molecule has 1 saturated heterocycles. The van der Waals surface area contributed by atoms with Crippen LogP contribution in [0.4, 0.5) is 5.69 Å². The number of pyridine rings is 1. The van der Waals surface area contributed by atoms with Crippen molar-refractivity contribution in [1.29, 1.82) is 0 Å². The van der Waals surface area contributed by atoms with Gasteiger partial charge in [0.05, 0.1) is 39.9 Å². The number of imide groups is 1. The summed E-state index contributed by atoms with van der Waals surface area (Å²) in [6.07, 6.45) is 2.40. The number of amides is 2. The number of aromatic nitrogens is 1. The van der Waals surface area contributed by atoms with E-state index in [0.29, 0.717) is 44.4 Å². The van der Waals surface area contributed by atoms with Crippen molar-refractivity contribution in [2.24, 2.45) is 17.8 Å². The number of phenols is 1. The molecule has 0 bridgehead atoms. The van der Waals surface area contributed by atoms with Gasteiger partial charge in [-0.3, -0.25) is 19.3 Å². The van der Waals surface area contributed by atoms with E-state index in [2.05, 4.69) is 6.92 Å². The highest BCUT2D eigenvalue weighted by Crippen LogP contribution is 2.42. The van der Waals surface area contributed by atoms with Crippen molar-refractivity contribution in [3.8, 4) is 17.0 Å². The summed E-state index contributed by atoms with van der Waals surface area (Å²) in [4.78, 5) is 58.4. The minimum absolute atomic E-state index is 0.0574. The second-order valence-electron chi connectivity index (χ2n) is 11.3. The number of aromatic hydroxyl groups is 1. The fourth-order valence-electron chi connectivity index (χ4n) is 6.14. The summed E-state index contributed by atoms with van der Waals surface area (Å²) in [6.45, 7) is 3.36. The van der Waals surface area contributed by atoms with Crippen LogP contribution in [0.5, 0.6) is 5.75 Å². The van der Waals surface area contributed by atoms with Gasteiger partial charge in [0, 0.05) is 16.0 Å². The van der Waals surface area contributed by atoms with Gasteiger partial charge in [-0.15, -0.1) is 0 Å². The number of para-hydroxylation sites is 1. The summed E-state index contributed by atoms with van der Waals surface area (Å²) < 4.78 is 5.39. The van der Waals surface area contributed by atoms with Crippen LogP contribution in [-0.4, -0.2) is 40.3 Å². The van der Waals surface area contributed by atoms with Crippen molar-refractivity contribution in [1.82, 2.24) is 4.98 Å². The molecular formula is C34H29ClN2O6. The van der Waals surface area contributed by atoms with Crippen LogP contribution in [0, 0.1) is 24.7 Å². The number of ether oxygens (including phenoxy) is 1. The normalized spacial score (nSPS) is 19.9. The Kier molecular flexibility index (Phi) is 7.48. The van der Waals surface area contributed by atoms with E-state index in [1.807, 2.05) is 0 Å². The number of carbonyl (C=O) groups is 4. The third-order valence-corrected chi connectivity index (χ3v) is 8.95. The molecule has 0 spiro atoms. The molecule has 1 aromatic heterocycles. The zero-order valence-electron chi connectivity index (χ0n) is 23.7. The van der Waals surface area contributed by atoms with Crippen LogP contribution in [0.3, 0.4) is 0 Å². The average Bonchev–Trinajstić information content (AvgIpc) is 3.25. The van der Waals surface area contributed by atoms with E-state index in [-0.39, 0.29) is 40.5 Å². The Morgan fingerprint density at radius 3 is 2.44 bits per heavy atom. The van der Waals surface area contributed by atoms with Gasteiger partial charge in [0.25, 0.3) is 0 Å². The summed E-state index contributed by atoms with van der Waals surface area (Å²) in [5, 5.41) is 11.0. The summed E-state index contributed by atoms with van der Waals surface area (Å²) in [7, 11) is 0. The van der Waals surface area contributed by atoms with E-state index in [0.717, 1.165) is 19.3 Å². The number of benzene rings is 3. The molecule has 2 heterocycles. The number of rotatable bonds is 6. The number of fused-ring (bicyclic) bond motifs is 2. The van der Waals surface area contributed by atoms with E-state index < -0.39 is 18.4 Å². The molecule has 1 N–H and O–H groups in total. The highest BCUT2D eigenvalue weighted by Gasteiger charge is 2.49. The lowest BCUT2D eigenvalue weighted by Gasteiger charge is -2.25. The van der Waals surface area contributed by atoms with Crippen molar-refractivity contribution < 1.29 is 29.0 Å². The maximum atomic E-state index is 13.3. The fraction of sp³-hybridized carbons (Fsp3) is 0.265. The molecule has 1 aliphatic carbocycles. The van der Waals surface area contributed by atoms with Gasteiger partial charge in [0.1, 0.15) is 5.75 Å². The number of anilines is 1. The van der Waals surface area contributed by atoms with Gasteiger partial charge in [-0.25, -0.2) is 9.78 Å². The first kappa shape index (κ1) is 28.6. The Balaban J connectivity index is 1.31. The van der Waals surface area contributed by atoms with Crippen LogP contribution in [0.15, 0.2) is 66.7 Å².